The van der Waals surface area contributed by atoms with Crippen LogP contribution in [0.5, 0.6) is 0 Å². The van der Waals surface area contributed by atoms with Gasteiger partial charge in [0.1, 0.15) is 11.6 Å². The minimum atomic E-state index is -0.399. The predicted octanol–water partition coefficient (Wildman–Crippen LogP) is 16.7. The molecule has 0 amide bonds. The van der Waals surface area contributed by atoms with Crippen molar-refractivity contribution in [3.63, 3.8) is 0 Å². The van der Waals surface area contributed by atoms with Gasteiger partial charge in [-0.05, 0) is 77.8 Å². The first kappa shape index (κ1) is 71.1. The van der Waals surface area contributed by atoms with Gasteiger partial charge in [-0.2, -0.15) is 0 Å². The monoisotopic (exact) mass is 1020 g/mol. The van der Waals surface area contributed by atoms with Crippen LogP contribution < -0.4 is 0 Å². The molecule has 0 saturated heterocycles. The van der Waals surface area contributed by atoms with Gasteiger partial charge in [-0.25, -0.2) is 0 Å². The van der Waals surface area contributed by atoms with Crippen LogP contribution in [0.1, 0.15) is 324 Å². The molecule has 0 aromatic heterocycles. The molecule has 0 bridgehead atoms. The number of unbranched alkanes of at least 4 members (excludes halogenated alkanes) is 30. The van der Waals surface area contributed by atoms with Crippen LogP contribution in [-0.2, 0) is 9.59 Å². The molecule has 4 N–H and O–H groups in total. The number of aliphatic hydroxyl groups excluding tert-OH is 4. The number of rotatable bonds is 59. The summed E-state index contributed by atoms with van der Waals surface area (Å²) in [5, 5.41) is 44.5. The van der Waals surface area contributed by atoms with Gasteiger partial charge in [0.05, 0.1) is 24.4 Å². The van der Waals surface area contributed by atoms with Crippen molar-refractivity contribution in [3.05, 3.63) is 0 Å². The minimum Gasteiger partial charge on any atom is -0.392 e. The fourth-order valence-corrected chi connectivity index (χ4v) is 11.0. The summed E-state index contributed by atoms with van der Waals surface area (Å²) >= 11 is 0. The Morgan fingerprint density at radius 2 is 0.556 bits per heavy atom. The highest BCUT2D eigenvalue weighted by Gasteiger charge is 2.24. The molecule has 8 heteroatoms. The zero-order valence-electron chi connectivity index (χ0n) is 49.3. The number of hydrogen-bond acceptors (Lipinski definition) is 8. The van der Waals surface area contributed by atoms with Gasteiger partial charge >= 0.3 is 0 Å². The van der Waals surface area contributed by atoms with Gasteiger partial charge in [0, 0.05) is 44.4 Å². The van der Waals surface area contributed by atoms with E-state index in [1.807, 2.05) is 0 Å². The lowest BCUT2D eigenvalue weighted by Crippen LogP contribution is -2.38. The Kier molecular flexibility index (Phi) is 52.8. The van der Waals surface area contributed by atoms with E-state index in [1.54, 1.807) is 6.92 Å². The molecule has 4 unspecified atom stereocenters. The van der Waals surface area contributed by atoms with Crippen LogP contribution in [0.25, 0.3) is 0 Å². The number of ketones is 2. The first-order valence-corrected chi connectivity index (χ1v) is 32.2. The van der Waals surface area contributed by atoms with Crippen molar-refractivity contribution in [1.82, 2.24) is 9.80 Å². The Bertz CT molecular complexity index is 1080. The molecule has 0 aromatic rings. The van der Waals surface area contributed by atoms with Gasteiger partial charge < -0.3 is 20.4 Å². The highest BCUT2D eigenvalue weighted by molar-refractivity contribution is 5.87. The lowest BCUT2D eigenvalue weighted by molar-refractivity contribution is -0.129. The molecule has 0 aliphatic rings. The Hall–Kier alpha value is -0.900. The topological polar surface area (TPSA) is 122 Å². The summed E-state index contributed by atoms with van der Waals surface area (Å²) in [5.74, 6) is -0.00373. The van der Waals surface area contributed by atoms with Crippen molar-refractivity contribution in [2.24, 2.45) is 11.8 Å². The average molecular weight is 1020 g/mol. The highest BCUT2D eigenvalue weighted by Crippen LogP contribution is 2.24. The van der Waals surface area contributed by atoms with Gasteiger partial charge in [0.25, 0.3) is 0 Å². The van der Waals surface area contributed by atoms with E-state index >= 15 is 0 Å². The largest absolute Gasteiger partial charge is 0.392 e. The van der Waals surface area contributed by atoms with E-state index in [0.29, 0.717) is 39.0 Å². The summed E-state index contributed by atoms with van der Waals surface area (Å²) in [5.41, 5.74) is 0. The molecular weight excluding hydrogens is 893 g/mol. The van der Waals surface area contributed by atoms with E-state index < -0.39 is 12.2 Å². The van der Waals surface area contributed by atoms with Gasteiger partial charge in [-0.15, -0.1) is 0 Å². The van der Waals surface area contributed by atoms with E-state index in [9.17, 15) is 30.0 Å². The summed E-state index contributed by atoms with van der Waals surface area (Å²) in [4.78, 5) is 31.3. The second-order valence-electron chi connectivity index (χ2n) is 23.3. The first-order valence-electron chi connectivity index (χ1n) is 32.2. The molecule has 0 aromatic carbocycles. The van der Waals surface area contributed by atoms with Crippen LogP contribution in [0.2, 0.25) is 0 Å². The molecular formula is C64H128N2O6. The molecule has 8 nitrogen and oxygen atoms in total. The molecule has 430 valence electrons. The smallest absolute Gasteiger partial charge is 0.136 e. The average Bonchev–Trinajstić information content (AvgIpc) is 3.35. The lowest BCUT2D eigenvalue weighted by atomic mass is 9.85. The Labute approximate surface area is 449 Å². The van der Waals surface area contributed by atoms with E-state index in [1.165, 1.54) is 180 Å². The zero-order valence-corrected chi connectivity index (χ0v) is 49.3. The fourth-order valence-electron chi connectivity index (χ4n) is 11.0. The fraction of sp³-hybridized carbons (Fsp3) is 0.969. The molecule has 0 radical (unpaired) electrons. The molecule has 0 heterocycles. The Morgan fingerprint density at radius 1 is 0.319 bits per heavy atom. The third-order valence-corrected chi connectivity index (χ3v) is 16.0. The molecule has 0 fully saturated rings. The summed E-state index contributed by atoms with van der Waals surface area (Å²) in [6, 6.07) is 0. The standard InChI is InChI=1S/C64H128N2O6/c1-7-12-16-20-24-28-32-36-46-60(68)53-65(54-61(69)47-37-33-29-25-21-17-13-8-2)50-42-40-44-58(11-5)64(72)52-59(57(6)67)45-41-43-51-66(55-62(70)48-38-34-30-26-22-18-14-9-3)56-63(71)49-39-35-31-27-23-19-15-10-4/h58-63,68-71H,7-56H2,1-6H3/t58-,59-,60?,61?,62?,63?/m1/s1. The number of hydrogen-bond donors (Lipinski definition) is 4. The maximum absolute atomic E-state index is 13.8. The van der Waals surface area contributed by atoms with Crippen molar-refractivity contribution in [2.45, 2.75) is 348 Å². The van der Waals surface area contributed by atoms with E-state index in [-0.39, 0.29) is 35.6 Å². The number of Topliss-reactive ketones (excluding diaryl/α,β-unsaturated/α-hetero) is 2. The lowest BCUT2D eigenvalue weighted by Gasteiger charge is -2.28. The second kappa shape index (κ2) is 53.5. The van der Waals surface area contributed by atoms with Crippen LogP contribution in [0.4, 0.5) is 0 Å². The Balaban J connectivity index is 5.20. The first-order chi connectivity index (χ1) is 35.0. The van der Waals surface area contributed by atoms with E-state index in [4.69, 9.17) is 0 Å². The summed E-state index contributed by atoms with van der Waals surface area (Å²) in [7, 11) is 0. The maximum Gasteiger partial charge on any atom is 0.136 e. The van der Waals surface area contributed by atoms with Gasteiger partial charge in [-0.1, -0.05) is 253 Å². The predicted molar refractivity (Wildman–Crippen MR) is 311 cm³/mol. The Morgan fingerprint density at radius 3 is 0.806 bits per heavy atom. The molecule has 0 spiro atoms. The summed E-state index contributed by atoms with van der Waals surface area (Å²) < 4.78 is 0. The third-order valence-electron chi connectivity index (χ3n) is 16.0. The highest BCUT2D eigenvalue weighted by atomic mass is 16.3. The quantitative estimate of drug-likeness (QED) is 0.0445. The van der Waals surface area contributed by atoms with Crippen LogP contribution in [0.3, 0.4) is 0 Å². The second-order valence-corrected chi connectivity index (χ2v) is 23.3. The zero-order chi connectivity index (χ0) is 53.1. The molecule has 72 heavy (non-hydrogen) atoms. The van der Waals surface area contributed by atoms with Crippen LogP contribution in [-0.4, -0.2) is 105 Å². The van der Waals surface area contributed by atoms with Crippen molar-refractivity contribution in [3.8, 4) is 0 Å². The van der Waals surface area contributed by atoms with Crippen molar-refractivity contribution in [2.75, 3.05) is 39.3 Å². The van der Waals surface area contributed by atoms with Crippen molar-refractivity contribution in [1.29, 1.82) is 0 Å². The summed E-state index contributed by atoms with van der Waals surface area (Å²) in [6.07, 6.45) is 47.8. The number of nitrogens with zero attached hydrogens (tertiary/aromatic N) is 2. The van der Waals surface area contributed by atoms with E-state index in [2.05, 4.69) is 44.4 Å². The van der Waals surface area contributed by atoms with Gasteiger partial charge in [0.15, 0.2) is 0 Å². The minimum absolute atomic E-state index is 0.0546. The van der Waals surface area contributed by atoms with Crippen molar-refractivity contribution >= 4 is 11.6 Å². The van der Waals surface area contributed by atoms with Crippen LogP contribution in [0.15, 0.2) is 0 Å². The van der Waals surface area contributed by atoms with E-state index in [0.717, 1.165) is 103 Å². The normalized spacial score (nSPS) is 14.6. The molecule has 0 saturated carbocycles. The number of carbonyl (C=O) groups is 2. The van der Waals surface area contributed by atoms with Gasteiger partial charge in [-0.3, -0.25) is 19.4 Å². The van der Waals surface area contributed by atoms with Crippen molar-refractivity contribution < 1.29 is 30.0 Å². The molecule has 0 rings (SSSR count). The SMILES string of the molecule is CCCCCCCCCCC(O)CN(CCCC[C@H](CC(=O)[C@H](CC)CCCCN(CC(O)CCCCCCCCCC)CC(O)CCCCCCCCCC)C(C)=O)CC(O)CCCCCCCCCC. The van der Waals surface area contributed by atoms with Gasteiger partial charge in [0.2, 0.25) is 0 Å². The summed E-state index contributed by atoms with van der Waals surface area (Å²) in [6.45, 7) is 16.7. The van der Waals surface area contributed by atoms with Crippen LogP contribution >= 0.6 is 0 Å². The number of aliphatic hydroxyl groups is 4. The third kappa shape index (κ3) is 46.4. The van der Waals surface area contributed by atoms with Crippen LogP contribution in [0, 0.1) is 11.8 Å². The molecule has 6 atom stereocenters. The number of carbonyl (C=O) groups excluding carboxylic acids is 2. The maximum atomic E-state index is 13.8. The molecule has 0 aliphatic heterocycles. The molecule has 0 aliphatic carbocycles.